The summed E-state index contributed by atoms with van der Waals surface area (Å²) in [5.74, 6) is -0.232. The summed E-state index contributed by atoms with van der Waals surface area (Å²) in [5.41, 5.74) is 0. The molecule has 124 valence electrons. The topological polar surface area (TPSA) is 60.9 Å². The number of hydrogen-bond acceptors (Lipinski definition) is 6. The average molecular weight is 371 g/mol. The number of thiocarbonyl (C=S) groups is 1. The smallest absolute Gasteiger partial charge is 0.266 e. The van der Waals surface area contributed by atoms with Crippen molar-refractivity contribution in [2.75, 3.05) is 26.2 Å². The van der Waals surface area contributed by atoms with Gasteiger partial charge in [-0.15, -0.1) is 11.3 Å². The van der Waals surface area contributed by atoms with E-state index < -0.39 is 0 Å². The van der Waals surface area contributed by atoms with Gasteiger partial charge in [0.05, 0.1) is 11.5 Å². The molecule has 0 aliphatic carbocycles. The second kappa shape index (κ2) is 8.58. The minimum absolute atomic E-state index is 0.0653. The first-order valence-electron chi connectivity index (χ1n) is 7.24. The second-order valence-corrected chi connectivity index (χ2v) is 7.45. The number of thioether (sulfide) groups is 1. The Morgan fingerprint density at radius 3 is 2.91 bits per heavy atom. The van der Waals surface area contributed by atoms with Crippen LogP contribution in [0.4, 0.5) is 0 Å². The van der Waals surface area contributed by atoms with E-state index in [1.807, 2.05) is 30.5 Å². The number of amides is 2. The first-order valence-corrected chi connectivity index (χ1v) is 9.34. The summed E-state index contributed by atoms with van der Waals surface area (Å²) in [6, 6.07) is 3.87. The Bertz CT molecular complexity index is 613. The van der Waals surface area contributed by atoms with Crippen molar-refractivity contribution >= 4 is 57.5 Å². The van der Waals surface area contributed by atoms with E-state index in [1.165, 1.54) is 16.7 Å². The number of nitrogens with zero attached hydrogens (tertiary/aromatic N) is 2. The summed E-state index contributed by atoms with van der Waals surface area (Å²) in [6.07, 6.45) is 2.03. The molecule has 0 atom stereocenters. The maximum absolute atomic E-state index is 12.4. The molecular weight excluding hydrogens is 352 g/mol. The van der Waals surface area contributed by atoms with Crippen LogP contribution in [-0.2, 0) is 9.59 Å². The zero-order valence-corrected chi connectivity index (χ0v) is 15.2. The van der Waals surface area contributed by atoms with Gasteiger partial charge in [-0.25, -0.2) is 0 Å². The first kappa shape index (κ1) is 18.1. The Morgan fingerprint density at radius 1 is 1.52 bits per heavy atom. The lowest BCUT2D eigenvalue weighted by Gasteiger charge is -2.21. The van der Waals surface area contributed by atoms with Gasteiger partial charge in [0.25, 0.3) is 5.91 Å². The van der Waals surface area contributed by atoms with Gasteiger partial charge in [-0.3, -0.25) is 14.5 Å². The van der Waals surface area contributed by atoms with Gasteiger partial charge in [-0.05, 0) is 24.4 Å². The maximum atomic E-state index is 12.4. The van der Waals surface area contributed by atoms with Crippen LogP contribution in [0, 0.1) is 0 Å². The van der Waals surface area contributed by atoms with E-state index in [9.17, 15) is 9.59 Å². The Morgan fingerprint density at radius 2 is 2.30 bits per heavy atom. The predicted octanol–water partition coefficient (Wildman–Crippen LogP) is 2.18. The van der Waals surface area contributed by atoms with Gasteiger partial charge in [-0.1, -0.05) is 30.0 Å². The van der Waals surface area contributed by atoms with Gasteiger partial charge in [-0.2, -0.15) is 0 Å². The van der Waals surface area contributed by atoms with Crippen molar-refractivity contribution in [3.05, 3.63) is 27.3 Å². The molecule has 0 aromatic carbocycles. The molecule has 1 N–H and O–H groups in total. The highest BCUT2D eigenvalue weighted by atomic mass is 32.2. The summed E-state index contributed by atoms with van der Waals surface area (Å²) in [6.45, 7) is 2.91. The molecule has 1 aromatic heterocycles. The van der Waals surface area contributed by atoms with E-state index in [1.54, 1.807) is 16.2 Å². The normalized spacial score (nSPS) is 16.4. The number of aliphatic hydroxyl groups is 1. The molecule has 23 heavy (non-hydrogen) atoms. The zero-order valence-electron chi connectivity index (χ0n) is 12.7. The highest BCUT2D eigenvalue weighted by Gasteiger charge is 2.32. The van der Waals surface area contributed by atoms with Crippen LogP contribution in [0.25, 0.3) is 6.08 Å². The molecule has 0 radical (unpaired) electrons. The molecule has 1 aromatic rings. The van der Waals surface area contributed by atoms with E-state index >= 15 is 0 Å². The molecule has 1 saturated heterocycles. The Hall–Kier alpha value is -1.22. The van der Waals surface area contributed by atoms with Crippen molar-refractivity contribution in [2.24, 2.45) is 0 Å². The number of carbonyl (C=O) groups is 2. The molecule has 5 nitrogen and oxygen atoms in total. The highest BCUT2D eigenvalue weighted by Crippen LogP contribution is 2.33. The third-order valence-electron chi connectivity index (χ3n) is 3.34. The fourth-order valence-corrected chi connectivity index (χ4v) is 4.17. The monoisotopic (exact) mass is 370 g/mol. The molecular formula is C15H18N2O3S3. The molecule has 2 heterocycles. The highest BCUT2D eigenvalue weighted by molar-refractivity contribution is 8.26. The Balaban J connectivity index is 1.97. The third-order valence-corrected chi connectivity index (χ3v) is 5.54. The molecule has 1 aliphatic rings. The van der Waals surface area contributed by atoms with Gasteiger partial charge >= 0.3 is 0 Å². The Kier molecular flexibility index (Phi) is 6.76. The fraction of sp³-hybridized carbons (Fsp3) is 0.400. The molecule has 2 amide bonds. The van der Waals surface area contributed by atoms with Gasteiger partial charge < -0.3 is 10.0 Å². The summed E-state index contributed by atoms with van der Waals surface area (Å²) < 4.78 is 0.482. The largest absolute Gasteiger partial charge is 0.395 e. The standard InChI is InChI=1S/C15H18N2O3S3/c1-2-16(7-8-18)13(19)5-6-17-14(20)12(23-15(17)21)10-11-4-3-9-22-11/h3-4,9-10,18H,2,5-8H2,1H3/b12-10+. The molecule has 0 bridgehead atoms. The van der Waals surface area contributed by atoms with Crippen LogP contribution in [0.1, 0.15) is 18.2 Å². The van der Waals surface area contributed by atoms with Crippen molar-refractivity contribution in [1.29, 1.82) is 0 Å². The fourth-order valence-electron chi connectivity index (χ4n) is 2.14. The predicted molar refractivity (Wildman–Crippen MR) is 98.2 cm³/mol. The van der Waals surface area contributed by atoms with Crippen molar-refractivity contribution in [1.82, 2.24) is 9.80 Å². The average Bonchev–Trinajstić information content (AvgIpc) is 3.12. The van der Waals surface area contributed by atoms with Crippen molar-refractivity contribution in [3.63, 3.8) is 0 Å². The molecule has 1 aliphatic heterocycles. The molecule has 0 unspecified atom stereocenters. The van der Waals surface area contributed by atoms with Crippen LogP contribution in [0.5, 0.6) is 0 Å². The van der Waals surface area contributed by atoms with Crippen LogP contribution >= 0.6 is 35.3 Å². The van der Waals surface area contributed by atoms with Crippen molar-refractivity contribution in [2.45, 2.75) is 13.3 Å². The number of aliphatic hydroxyl groups excluding tert-OH is 1. The van der Waals surface area contributed by atoms with E-state index in [2.05, 4.69) is 0 Å². The Labute approximate surface area is 149 Å². The van der Waals surface area contributed by atoms with Crippen LogP contribution < -0.4 is 0 Å². The molecule has 8 heteroatoms. The number of likely N-dealkylation sites (N-methyl/N-ethyl adjacent to an activating group) is 1. The lowest BCUT2D eigenvalue weighted by molar-refractivity contribution is -0.132. The van der Waals surface area contributed by atoms with Crippen molar-refractivity contribution in [3.8, 4) is 0 Å². The summed E-state index contributed by atoms with van der Waals surface area (Å²) in [4.78, 5) is 29.1. The molecule has 0 saturated carbocycles. The molecule has 0 spiro atoms. The lowest BCUT2D eigenvalue weighted by Crippen LogP contribution is -2.37. The van der Waals surface area contributed by atoms with E-state index in [4.69, 9.17) is 17.3 Å². The maximum Gasteiger partial charge on any atom is 0.266 e. The number of thiophene rings is 1. The van der Waals surface area contributed by atoms with E-state index in [0.717, 1.165) is 4.88 Å². The quantitative estimate of drug-likeness (QED) is 0.589. The number of rotatable bonds is 7. The number of carbonyl (C=O) groups excluding carboxylic acids is 2. The second-order valence-electron chi connectivity index (χ2n) is 4.80. The lowest BCUT2D eigenvalue weighted by atomic mass is 10.3. The SMILES string of the molecule is CCN(CCO)C(=O)CCN1C(=O)/C(=C\c2cccs2)SC1=S. The van der Waals surface area contributed by atoms with Crippen molar-refractivity contribution < 1.29 is 14.7 Å². The zero-order chi connectivity index (χ0) is 16.8. The van der Waals surface area contributed by atoms with Crippen LogP contribution in [0.3, 0.4) is 0 Å². The van der Waals surface area contributed by atoms with Crippen LogP contribution in [0.2, 0.25) is 0 Å². The summed E-state index contributed by atoms with van der Waals surface area (Å²) in [7, 11) is 0. The molecule has 1 fully saturated rings. The number of hydrogen-bond donors (Lipinski definition) is 1. The summed E-state index contributed by atoms with van der Waals surface area (Å²) in [5, 5.41) is 10.9. The van der Waals surface area contributed by atoms with Gasteiger partial charge in [0.15, 0.2) is 0 Å². The minimum Gasteiger partial charge on any atom is -0.395 e. The van der Waals surface area contributed by atoms with Gasteiger partial charge in [0, 0.05) is 30.9 Å². The van der Waals surface area contributed by atoms with Gasteiger partial charge in [0.1, 0.15) is 4.32 Å². The third kappa shape index (κ3) is 4.63. The van der Waals surface area contributed by atoms with Crippen LogP contribution in [0.15, 0.2) is 22.4 Å². The first-order chi connectivity index (χ1) is 11.1. The van der Waals surface area contributed by atoms with Crippen LogP contribution in [-0.4, -0.2) is 57.3 Å². The minimum atomic E-state index is -0.147. The summed E-state index contributed by atoms with van der Waals surface area (Å²) >= 11 is 8.08. The van der Waals surface area contributed by atoms with E-state index in [0.29, 0.717) is 22.3 Å². The van der Waals surface area contributed by atoms with E-state index in [-0.39, 0.29) is 31.4 Å². The van der Waals surface area contributed by atoms with Gasteiger partial charge in [0.2, 0.25) is 5.91 Å². The molecule has 2 rings (SSSR count).